The van der Waals surface area contributed by atoms with Crippen LogP contribution in [-0.2, 0) is 35.2 Å². The molecule has 0 bridgehead atoms. The zero-order valence-electron chi connectivity index (χ0n) is 43.2. The van der Waals surface area contributed by atoms with Gasteiger partial charge >= 0.3 is 12.1 Å². The summed E-state index contributed by atoms with van der Waals surface area (Å²) in [5.74, 6) is -1.87. The van der Waals surface area contributed by atoms with Crippen LogP contribution in [0, 0.1) is 29.6 Å². The molecule has 15 N–H and O–H groups in total. The van der Waals surface area contributed by atoms with E-state index in [0.717, 1.165) is 5.56 Å². The highest BCUT2D eigenvalue weighted by Gasteiger charge is 2.30. The molecule has 18 nitrogen and oxygen atoms in total. The van der Waals surface area contributed by atoms with Gasteiger partial charge in [0, 0.05) is 66.7 Å². The van der Waals surface area contributed by atoms with Crippen LogP contribution < -0.4 is 55.3 Å². The van der Waals surface area contributed by atoms with Gasteiger partial charge in [0.25, 0.3) is 0 Å². The molecule has 7 amide bonds. The van der Waals surface area contributed by atoms with Gasteiger partial charge in [-0.2, -0.15) is 0 Å². The molecule has 18 heteroatoms. The number of carbonyl (C=O) groups excluding carboxylic acids is 8. The smallest absolute Gasteiger partial charge is 0.312 e. The van der Waals surface area contributed by atoms with E-state index in [-0.39, 0.29) is 83.2 Å². The average Bonchev–Trinajstić information content (AvgIpc) is 3.17. The van der Waals surface area contributed by atoms with E-state index in [0.29, 0.717) is 45.2 Å². The monoisotopic (exact) mass is 947 g/mol. The third-order valence-corrected chi connectivity index (χ3v) is 10.0. The van der Waals surface area contributed by atoms with Crippen LogP contribution in [0.1, 0.15) is 147 Å². The topological polar surface area (TPSA) is 327 Å². The fraction of sp³-hybridized carbons (Fsp3) is 0.714. The summed E-state index contributed by atoms with van der Waals surface area (Å²) in [6, 6.07) is 6.66. The standard InChI is InChI=1S/C20H32N4O3.C16H32N4O3.C13H26N2O2/c1-20(2,3)24-18(26)15(10-7-11-23-19(22)27)13-17(25)16(21)12-14-8-5-4-6-9-14;1-10(2)13(17)12(21)9-11(7-6-8-19-15(18)23)14(22)20-16(3,4)5;1-8(2)11(14)10(16)7-9(3)12(17)15-13(4,5)6/h4-6,8-9,15-16H,7,10-13,21H2,1-3H3,(H,24,26)(H3,22,23,27);10-11,13H,6-9,17H2,1-5H3,(H,20,22)(H3,18,19,23);8-9,11H,7,14H2,1-6H3,(H,15,17)/t15-,16+;11-,13+;9-,11+/m111/s1. The Balaban J connectivity index is 0. The maximum absolute atomic E-state index is 12.6. The van der Waals surface area contributed by atoms with Crippen LogP contribution in [0.25, 0.3) is 0 Å². The second-order valence-electron chi connectivity index (χ2n) is 21.2. The van der Waals surface area contributed by atoms with Crippen molar-refractivity contribution in [2.45, 2.75) is 183 Å². The highest BCUT2D eigenvalue weighted by molar-refractivity contribution is 5.91. The van der Waals surface area contributed by atoms with E-state index in [2.05, 4.69) is 26.6 Å². The summed E-state index contributed by atoms with van der Waals surface area (Å²) in [7, 11) is 0. The minimum absolute atomic E-state index is 0.0327. The van der Waals surface area contributed by atoms with Crippen LogP contribution >= 0.6 is 0 Å². The summed E-state index contributed by atoms with van der Waals surface area (Å²) >= 11 is 0. The van der Waals surface area contributed by atoms with Crippen LogP contribution in [0.4, 0.5) is 9.59 Å². The molecule has 0 aliphatic carbocycles. The highest BCUT2D eigenvalue weighted by atomic mass is 16.2. The van der Waals surface area contributed by atoms with Gasteiger partial charge in [0.05, 0.1) is 18.1 Å². The van der Waals surface area contributed by atoms with Gasteiger partial charge in [0.1, 0.15) is 0 Å². The number of hydrogen-bond donors (Lipinski definition) is 10. The second-order valence-corrected chi connectivity index (χ2v) is 21.2. The van der Waals surface area contributed by atoms with E-state index in [1.54, 1.807) is 6.92 Å². The molecule has 1 aromatic rings. The number of urea groups is 2. The Morgan fingerprint density at radius 1 is 0.507 bits per heavy atom. The van der Waals surface area contributed by atoms with Crippen molar-refractivity contribution in [3.05, 3.63) is 35.9 Å². The molecule has 0 saturated heterocycles. The molecule has 0 radical (unpaired) electrons. The zero-order valence-corrected chi connectivity index (χ0v) is 43.2. The molecule has 1 rings (SSSR count). The fourth-order valence-electron chi connectivity index (χ4n) is 6.24. The van der Waals surface area contributed by atoms with Crippen molar-refractivity contribution in [1.82, 2.24) is 26.6 Å². The maximum Gasteiger partial charge on any atom is 0.312 e. The second kappa shape index (κ2) is 31.2. The average molecular weight is 947 g/mol. The van der Waals surface area contributed by atoms with Crippen LogP contribution in [0.2, 0.25) is 0 Å². The Hall–Kier alpha value is -4.94. The number of rotatable bonds is 24. The first kappa shape index (κ1) is 64.1. The molecule has 0 aliphatic rings. The largest absolute Gasteiger partial charge is 0.352 e. The molecule has 0 aliphatic heterocycles. The van der Waals surface area contributed by atoms with Crippen molar-refractivity contribution in [2.24, 2.45) is 58.3 Å². The van der Waals surface area contributed by atoms with Crippen molar-refractivity contribution in [1.29, 1.82) is 0 Å². The lowest BCUT2D eigenvalue weighted by Crippen LogP contribution is -2.46. The van der Waals surface area contributed by atoms with E-state index in [9.17, 15) is 38.4 Å². The summed E-state index contributed by atoms with van der Waals surface area (Å²) < 4.78 is 0. The number of nitrogens with one attached hydrogen (secondary N) is 5. The summed E-state index contributed by atoms with van der Waals surface area (Å²) in [4.78, 5) is 94.7. The molecule has 384 valence electrons. The highest BCUT2D eigenvalue weighted by Crippen LogP contribution is 2.18. The van der Waals surface area contributed by atoms with E-state index < -0.39 is 47.6 Å². The first-order valence-corrected chi connectivity index (χ1v) is 23.5. The van der Waals surface area contributed by atoms with E-state index in [1.165, 1.54) is 0 Å². The van der Waals surface area contributed by atoms with Crippen molar-refractivity contribution in [3.63, 3.8) is 0 Å². The molecule has 0 aromatic heterocycles. The molecule has 0 fully saturated rings. The Labute approximate surface area is 401 Å². The number of primary amides is 2. The molecule has 67 heavy (non-hydrogen) atoms. The predicted octanol–water partition coefficient (Wildman–Crippen LogP) is 3.88. The Morgan fingerprint density at radius 3 is 1.19 bits per heavy atom. The van der Waals surface area contributed by atoms with Gasteiger partial charge in [-0.25, -0.2) is 9.59 Å². The Bertz CT molecular complexity index is 1700. The maximum atomic E-state index is 12.6. The number of amides is 7. The van der Waals surface area contributed by atoms with Crippen LogP contribution in [-0.4, -0.2) is 95.0 Å². The molecular weight excluding hydrogens is 857 g/mol. The van der Waals surface area contributed by atoms with Crippen LogP contribution in [0.5, 0.6) is 0 Å². The number of benzene rings is 1. The van der Waals surface area contributed by atoms with Gasteiger partial charge in [0.2, 0.25) is 17.7 Å². The molecule has 0 spiro atoms. The van der Waals surface area contributed by atoms with Gasteiger partial charge in [-0.15, -0.1) is 0 Å². The first-order chi connectivity index (χ1) is 30.6. The summed E-state index contributed by atoms with van der Waals surface area (Å²) in [6.07, 6.45) is 2.90. The van der Waals surface area contributed by atoms with Gasteiger partial charge in [-0.3, -0.25) is 28.8 Å². The molecule has 0 heterocycles. The lowest BCUT2D eigenvalue weighted by molar-refractivity contribution is -0.131. The predicted molar refractivity (Wildman–Crippen MR) is 266 cm³/mol. The van der Waals surface area contributed by atoms with Gasteiger partial charge < -0.3 is 55.3 Å². The Kier molecular flexibility index (Phi) is 29.8. The lowest BCUT2D eigenvalue weighted by atomic mass is 9.89. The van der Waals surface area contributed by atoms with Crippen molar-refractivity contribution in [2.75, 3.05) is 13.1 Å². The summed E-state index contributed by atoms with van der Waals surface area (Å²) in [6.45, 7) is 27.1. The normalized spacial score (nSPS) is 14.3. The molecular formula is C49H90N10O8. The molecule has 1 aromatic carbocycles. The minimum atomic E-state index is -0.652. The van der Waals surface area contributed by atoms with Crippen LogP contribution in [0.15, 0.2) is 30.3 Å². The molecule has 0 saturated carbocycles. The van der Waals surface area contributed by atoms with Crippen LogP contribution in [0.3, 0.4) is 0 Å². The Morgan fingerprint density at radius 2 is 0.851 bits per heavy atom. The third kappa shape index (κ3) is 33.2. The summed E-state index contributed by atoms with van der Waals surface area (Å²) in [5, 5.41) is 13.7. The fourth-order valence-corrected chi connectivity index (χ4v) is 6.24. The van der Waals surface area contributed by atoms with Crippen molar-refractivity contribution >= 4 is 47.1 Å². The number of ketones is 3. The quantitative estimate of drug-likeness (QED) is 0.0663. The van der Waals surface area contributed by atoms with Gasteiger partial charge in [-0.1, -0.05) is 65.0 Å². The lowest BCUT2D eigenvalue weighted by Gasteiger charge is -2.25. The van der Waals surface area contributed by atoms with Gasteiger partial charge in [0.15, 0.2) is 17.3 Å². The van der Waals surface area contributed by atoms with Gasteiger partial charge in [-0.05, 0) is 112 Å². The van der Waals surface area contributed by atoms with Crippen molar-refractivity contribution < 1.29 is 38.4 Å². The first-order valence-electron chi connectivity index (χ1n) is 23.5. The van der Waals surface area contributed by atoms with E-state index in [1.807, 2.05) is 120 Å². The number of carbonyl (C=O) groups is 8. The summed E-state index contributed by atoms with van der Waals surface area (Å²) in [5.41, 5.74) is 27.7. The molecule has 6 atom stereocenters. The number of Topliss-reactive ketones (excluding diaryl/α,β-unsaturated/α-hetero) is 3. The third-order valence-electron chi connectivity index (χ3n) is 10.0. The number of hydrogen-bond acceptors (Lipinski definition) is 11. The van der Waals surface area contributed by atoms with E-state index >= 15 is 0 Å². The zero-order chi connectivity index (χ0) is 52.5. The molecule has 0 unspecified atom stereocenters. The minimum Gasteiger partial charge on any atom is -0.352 e. The van der Waals surface area contributed by atoms with Crippen molar-refractivity contribution in [3.8, 4) is 0 Å². The SMILES string of the molecule is CC(C)(C)NC(=O)[C@H](CCCNC(N)=O)CC(=O)[C@@H](N)Cc1ccccc1.CC(C)[C@H](N)C(=O)C[C@@H](C)C(=O)NC(C)(C)C.CC(C)[C@H](N)C(=O)C[C@@H](CCCNC(N)=O)C(=O)NC(C)(C)C. The number of nitrogens with two attached hydrogens (primary N) is 5. The van der Waals surface area contributed by atoms with E-state index in [4.69, 9.17) is 28.7 Å².